The van der Waals surface area contributed by atoms with Crippen molar-refractivity contribution in [2.24, 2.45) is 5.73 Å². The topological polar surface area (TPSA) is 96.7 Å². The average Bonchev–Trinajstić information content (AvgIpc) is 2.94. The van der Waals surface area contributed by atoms with Crippen LogP contribution in [0.15, 0.2) is 42.7 Å². The molecule has 112 valence electrons. The van der Waals surface area contributed by atoms with E-state index in [9.17, 15) is 4.79 Å². The smallest absolute Gasteiger partial charge is 0.252 e. The Bertz CT molecular complexity index is 763. The number of pyridine rings is 1. The van der Waals surface area contributed by atoms with E-state index < -0.39 is 5.91 Å². The summed E-state index contributed by atoms with van der Waals surface area (Å²) in [6, 6.07) is 9.72. The molecule has 0 atom stereocenters. The Morgan fingerprint density at radius 1 is 1.27 bits per heavy atom. The van der Waals surface area contributed by atoms with Crippen LogP contribution in [0.4, 0.5) is 5.69 Å². The average molecular weight is 295 g/mol. The number of nitrogens with two attached hydrogens (primary N) is 1. The van der Waals surface area contributed by atoms with Gasteiger partial charge in [0.25, 0.3) is 5.91 Å². The highest BCUT2D eigenvalue weighted by atomic mass is 16.1. The lowest BCUT2D eigenvalue weighted by Gasteiger charge is -2.08. The fourth-order valence-electron chi connectivity index (χ4n) is 2.35. The summed E-state index contributed by atoms with van der Waals surface area (Å²) in [5, 5.41) is 3.22. The molecule has 0 unspecified atom stereocenters. The molecule has 3 rings (SSSR count). The van der Waals surface area contributed by atoms with Gasteiger partial charge in [-0.3, -0.25) is 9.78 Å². The Kier molecular flexibility index (Phi) is 4.00. The highest BCUT2D eigenvalue weighted by Gasteiger charge is 2.07. The molecule has 1 aromatic carbocycles. The summed E-state index contributed by atoms with van der Waals surface area (Å²) in [5.41, 5.74) is 8.48. The van der Waals surface area contributed by atoms with Gasteiger partial charge in [-0.05, 0) is 24.6 Å². The molecule has 6 heteroatoms. The number of imidazole rings is 1. The van der Waals surface area contributed by atoms with Gasteiger partial charge in [0.2, 0.25) is 0 Å². The molecule has 0 fully saturated rings. The molecule has 0 saturated heterocycles. The Labute approximate surface area is 127 Å². The van der Waals surface area contributed by atoms with Gasteiger partial charge >= 0.3 is 0 Å². The lowest BCUT2D eigenvalue weighted by atomic mass is 10.2. The van der Waals surface area contributed by atoms with Crippen LogP contribution in [0.1, 0.15) is 22.6 Å². The molecule has 0 saturated carbocycles. The molecule has 3 aromatic rings. The van der Waals surface area contributed by atoms with Crippen LogP contribution in [-0.2, 0) is 6.42 Å². The molecule has 2 heterocycles. The van der Waals surface area contributed by atoms with Gasteiger partial charge in [0.05, 0.1) is 22.3 Å². The fraction of sp³-hybridized carbons (Fsp3) is 0.188. The second-order valence-electron chi connectivity index (χ2n) is 5.02. The first-order chi connectivity index (χ1) is 10.7. The second kappa shape index (κ2) is 6.26. The number of nitrogens with zero attached hydrogens (tertiary/aromatic N) is 2. The highest BCUT2D eigenvalue weighted by Crippen LogP contribution is 2.14. The Morgan fingerprint density at radius 3 is 2.95 bits per heavy atom. The third kappa shape index (κ3) is 3.06. The van der Waals surface area contributed by atoms with Crippen molar-refractivity contribution in [3.05, 3.63) is 54.1 Å². The van der Waals surface area contributed by atoms with Crippen LogP contribution < -0.4 is 11.1 Å². The molecule has 0 aliphatic heterocycles. The van der Waals surface area contributed by atoms with E-state index in [4.69, 9.17) is 5.73 Å². The zero-order valence-electron chi connectivity index (χ0n) is 12.0. The second-order valence-corrected chi connectivity index (χ2v) is 5.02. The molecule has 2 aromatic heterocycles. The zero-order chi connectivity index (χ0) is 15.4. The molecular weight excluding hydrogens is 278 g/mol. The molecule has 1 amide bonds. The number of aromatic amines is 1. The number of H-pyrrole nitrogens is 1. The molecule has 6 nitrogen and oxygen atoms in total. The number of fused-ring (bicyclic) bond motifs is 1. The maximum atomic E-state index is 11.3. The van der Waals surface area contributed by atoms with Crippen molar-refractivity contribution in [2.75, 3.05) is 11.9 Å². The Balaban J connectivity index is 1.56. The number of carbonyl (C=O) groups excluding carboxylic acids is 1. The number of primary amides is 1. The molecule has 0 bridgehead atoms. The summed E-state index contributed by atoms with van der Waals surface area (Å²) >= 11 is 0. The quantitative estimate of drug-likeness (QED) is 0.607. The van der Waals surface area contributed by atoms with Gasteiger partial charge in [0, 0.05) is 25.4 Å². The molecule has 0 radical (unpaired) electrons. The summed E-state index contributed by atoms with van der Waals surface area (Å²) in [7, 11) is 0. The van der Waals surface area contributed by atoms with Gasteiger partial charge in [0.15, 0.2) is 0 Å². The van der Waals surface area contributed by atoms with Crippen LogP contribution in [0.25, 0.3) is 11.0 Å². The van der Waals surface area contributed by atoms with Crippen molar-refractivity contribution in [2.45, 2.75) is 12.8 Å². The van der Waals surface area contributed by atoms with Gasteiger partial charge < -0.3 is 16.0 Å². The first-order valence-electron chi connectivity index (χ1n) is 7.15. The van der Waals surface area contributed by atoms with Crippen LogP contribution >= 0.6 is 0 Å². The number of hydrogen-bond donors (Lipinski definition) is 3. The van der Waals surface area contributed by atoms with Crippen LogP contribution in [-0.4, -0.2) is 27.4 Å². The minimum atomic E-state index is -0.479. The fourth-order valence-corrected chi connectivity index (χ4v) is 2.35. The lowest BCUT2D eigenvalue weighted by molar-refractivity contribution is 0.100. The van der Waals surface area contributed by atoms with Gasteiger partial charge in [-0.1, -0.05) is 12.1 Å². The third-order valence-corrected chi connectivity index (χ3v) is 3.43. The number of hydrogen-bond acceptors (Lipinski definition) is 4. The van der Waals surface area contributed by atoms with E-state index in [1.54, 1.807) is 12.3 Å². The number of rotatable bonds is 6. The van der Waals surface area contributed by atoms with Crippen LogP contribution in [0.2, 0.25) is 0 Å². The van der Waals surface area contributed by atoms with Gasteiger partial charge in [0.1, 0.15) is 5.82 Å². The maximum absolute atomic E-state index is 11.3. The molecule has 0 aliphatic carbocycles. The zero-order valence-corrected chi connectivity index (χ0v) is 12.0. The monoisotopic (exact) mass is 295 g/mol. The minimum absolute atomic E-state index is 0.409. The standard InChI is InChI=1S/C16H17N5O/c17-16(22)11-10-18-9-7-12(11)19-8-3-6-15-20-13-4-1-2-5-14(13)21-15/h1-2,4-5,7,9-10H,3,6,8H2,(H2,17,22)(H,18,19)(H,20,21). The van der Waals surface area contributed by atoms with E-state index in [-0.39, 0.29) is 0 Å². The highest BCUT2D eigenvalue weighted by molar-refractivity contribution is 5.98. The molecule has 22 heavy (non-hydrogen) atoms. The van der Waals surface area contributed by atoms with Crippen LogP contribution in [0.5, 0.6) is 0 Å². The van der Waals surface area contributed by atoms with E-state index in [2.05, 4.69) is 20.3 Å². The van der Waals surface area contributed by atoms with Crippen molar-refractivity contribution in [1.29, 1.82) is 0 Å². The number of carbonyl (C=O) groups is 1. The largest absolute Gasteiger partial charge is 0.384 e. The van der Waals surface area contributed by atoms with Crippen LogP contribution in [0, 0.1) is 0 Å². The predicted octanol–water partition coefficient (Wildman–Crippen LogP) is 2.10. The minimum Gasteiger partial charge on any atom is -0.384 e. The maximum Gasteiger partial charge on any atom is 0.252 e. The first-order valence-corrected chi connectivity index (χ1v) is 7.15. The number of para-hydroxylation sites is 2. The van der Waals surface area contributed by atoms with Crippen LogP contribution in [0.3, 0.4) is 0 Å². The Morgan fingerprint density at radius 2 is 2.14 bits per heavy atom. The third-order valence-electron chi connectivity index (χ3n) is 3.43. The lowest BCUT2D eigenvalue weighted by Crippen LogP contribution is -2.15. The van der Waals surface area contributed by atoms with E-state index in [1.807, 2.05) is 24.3 Å². The van der Waals surface area contributed by atoms with Crippen molar-refractivity contribution in [3.63, 3.8) is 0 Å². The van der Waals surface area contributed by atoms with Gasteiger partial charge in [-0.25, -0.2) is 4.98 Å². The van der Waals surface area contributed by atoms with E-state index in [1.165, 1.54) is 6.20 Å². The van der Waals surface area contributed by atoms with Gasteiger partial charge in [-0.15, -0.1) is 0 Å². The van der Waals surface area contributed by atoms with Crippen molar-refractivity contribution in [1.82, 2.24) is 15.0 Å². The van der Waals surface area contributed by atoms with E-state index in [0.29, 0.717) is 11.3 Å². The first kappa shape index (κ1) is 14.1. The molecule has 0 spiro atoms. The molecular formula is C16H17N5O. The number of nitrogens with one attached hydrogen (secondary N) is 2. The SMILES string of the molecule is NC(=O)c1cnccc1NCCCc1nc2ccccc2[nH]1. The van der Waals surface area contributed by atoms with E-state index >= 15 is 0 Å². The summed E-state index contributed by atoms with van der Waals surface area (Å²) < 4.78 is 0. The molecule has 0 aliphatic rings. The van der Waals surface area contributed by atoms with Gasteiger partial charge in [-0.2, -0.15) is 0 Å². The normalized spacial score (nSPS) is 10.7. The Hall–Kier alpha value is -2.89. The number of aromatic nitrogens is 3. The van der Waals surface area contributed by atoms with Crippen molar-refractivity contribution < 1.29 is 4.79 Å². The number of benzene rings is 1. The van der Waals surface area contributed by atoms with Crippen molar-refractivity contribution in [3.8, 4) is 0 Å². The summed E-state index contributed by atoms with van der Waals surface area (Å²) in [5.74, 6) is 0.487. The van der Waals surface area contributed by atoms with E-state index in [0.717, 1.165) is 36.2 Å². The summed E-state index contributed by atoms with van der Waals surface area (Å²) in [6.07, 6.45) is 4.83. The summed E-state index contributed by atoms with van der Waals surface area (Å²) in [4.78, 5) is 23.0. The predicted molar refractivity (Wildman–Crippen MR) is 85.7 cm³/mol. The van der Waals surface area contributed by atoms with Crippen molar-refractivity contribution >= 4 is 22.6 Å². The number of anilines is 1. The molecule has 4 N–H and O–H groups in total. The number of aryl methyl sites for hydroxylation is 1. The summed E-state index contributed by atoms with van der Waals surface area (Å²) in [6.45, 7) is 0.724. The number of amides is 1.